The van der Waals surface area contributed by atoms with Gasteiger partial charge in [0.05, 0.1) is 5.92 Å². The molecule has 13 heavy (non-hydrogen) atoms. The predicted molar refractivity (Wildman–Crippen MR) is 49.0 cm³/mol. The number of aliphatic carboxylic acids is 1. The molecule has 0 aromatic heterocycles. The number of rotatable bonds is 4. The Morgan fingerprint density at radius 2 is 2.08 bits per heavy atom. The molecule has 0 fully saturated rings. The van der Waals surface area contributed by atoms with E-state index in [1.807, 2.05) is 18.2 Å². The monoisotopic (exact) mass is 180 g/mol. The fourth-order valence-corrected chi connectivity index (χ4v) is 1.15. The van der Waals surface area contributed by atoms with Crippen LogP contribution >= 0.6 is 0 Å². The number of carboxylic acid groups (broad SMARTS) is 1. The number of carbonyl (C=O) groups is 1. The topological polar surface area (TPSA) is 75.3 Å². The van der Waals surface area contributed by atoms with Gasteiger partial charge in [-0.25, -0.2) is 0 Å². The van der Waals surface area contributed by atoms with Gasteiger partial charge in [-0.15, -0.1) is 0 Å². The normalized spacial score (nSPS) is 12.4. The Labute approximate surface area is 76.3 Å². The molecule has 0 aliphatic heterocycles. The van der Waals surface area contributed by atoms with Gasteiger partial charge in [0.15, 0.2) is 0 Å². The molecule has 4 N–H and O–H groups in total. The number of hydrogen-bond donors (Lipinski definition) is 3. The van der Waals surface area contributed by atoms with Gasteiger partial charge in [-0.1, -0.05) is 30.3 Å². The number of nitrogens with two attached hydrogens (primary N) is 1. The van der Waals surface area contributed by atoms with Crippen LogP contribution in [0.1, 0.15) is 11.5 Å². The fraction of sp³-hybridized carbons (Fsp3) is 0.222. The van der Waals surface area contributed by atoms with E-state index < -0.39 is 11.9 Å². The Balaban J connectivity index is 2.82. The van der Waals surface area contributed by atoms with Crippen molar-refractivity contribution in [1.82, 2.24) is 5.43 Å². The fourth-order valence-electron chi connectivity index (χ4n) is 1.15. The Hall–Kier alpha value is -1.39. The SMILES string of the molecule is NNCC(C(=O)O)c1ccccc1. The third-order valence-electron chi connectivity index (χ3n) is 1.82. The molecular formula is C9H12N2O2. The Morgan fingerprint density at radius 1 is 1.46 bits per heavy atom. The highest BCUT2D eigenvalue weighted by atomic mass is 16.4. The lowest BCUT2D eigenvalue weighted by atomic mass is 10.00. The minimum Gasteiger partial charge on any atom is -0.481 e. The average molecular weight is 180 g/mol. The highest BCUT2D eigenvalue weighted by Crippen LogP contribution is 2.13. The summed E-state index contributed by atoms with van der Waals surface area (Å²) >= 11 is 0. The molecule has 0 bridgehead atoms. The summed E-state index contributed by atoms with van der Waals surface area (Å²) < 4.78 is 0. The molecule has 70 valence electrons. The summed E-state index contributed by atoms with van der Waals surface area (Å²) in [4.78, 5) is 10.8. The van der Waals surface area contributed by atoms with Gasteiger partial charge in [0.2, 0.25) is 0 Å². The van der Waals surface area contributed by atoms with Crippen LogP contribution in [0.25, 0.3) is 0 Å². The maximum atomic E-state index is 10.8. The molecule has 4 heteroatoms. The van der Waals surface area contributed by atoms with Crippen LogP contribution in [-0.2, 0) is 4.79 Å². The molecule has 0 aliphatic rings. The lowest BCUT2D eigenvalue weighted by Crippen LogP contribution is -2.31. The van der Waals surface area contributed by atoms with E-state index in [9.17, 15) is 4.79 Å². The molecule has 1 rings (SSSR count). The molecule has 1 unspecified atom stereocenters. The zero-order valence-corrected chi connectivity index (χ0v) is 7.10. The van der Waals surface area contributed by atoms with Crippen molar-refractivity contribution < 1.29 is 9.90 Å². The van der Waals surface area contributed by atoms with Crippen molar-refractivity contribution in [2.45, 2.75) is 5.92 Å². The van der Waals surface area contributed by atoms with Crippen molar-refractivity contribution >= 4 is 5.97 Å². The van der Waals surface area contributed by atoms with Crippen LogP contribution in [-0.4, -0.2) is 17.6 Å². The highest BCUT2D eigenvalue weighted by Gasteiger charge is 2.17. The summed E-state index contributed by atoms with van der Waals surface area (Å²) in [7, 11) is 0. The van der Waals surface area contributed by atoms with Crippen LogP contribution in [0.4, 0.5) is 0 Å². The lowest BCUT2D eigenvalue weighted by molar-refractivity contribution is -0.138. The van der Waals surface area contributed by atoms with E-state index in [-0.39, 0.29) is 6.54 Å². The molecule has 0 radical (unpaired) electrons. The van der Waals surface area contributed by atoms with Gasteiger partial charge < -0.3 is 5.11 Å². The van der Waals surface area contributed by atoms with E-state index in [0.717, 1.165) is 5.56 Å². The first kappa shape index (κ1) is 9.70. The van der Waals surface area contributed by atoms with E-state index in [0.29, 0.717) is 0 Å². The van der Waals surface area contributed by atoms with Crippen LogP contribution in [0.2, 0.25) is 0 Å². The molecule has 1 atom stereocenters. The van der Waals surface area contributed by atoms with E-state index in [1.54, 1.807) is 12.1 Å². The maximum absolute atomic E-state index is 10.8. The van der Waals surface area contributed by atoms with Crippen molar-refractivity contribution in [3.63, 3.8) is 0 Å². The van der Waals surface area contributed by atoms with Crippen molar-refractivity contribution in [3.8, 4) is 0 Å². The second kappa shape index (κ2) is 4.59. The quantitative estimate of drug-likeness (QED) is 0.460. The first-order chi connectivity index (χ1) is 6.25. The zero-order chi connectivity index (χ0) is 9.68. The smallest absolute Gasteiger partial charge is 0.312 e. The Kier molecular flexibility index (Phi) is 3.42. The number of nitrogens with one attached hydrogen (secondary N) is 1. The van der Waals surface area contributed by atoms with Crippen LogP contribution in [0.15, 0.2) is 30.3 Å². The molecule has 0 saturated heterocycles. The summed E-state index contributed by atoms with van der Waals surface area (Å²) in [5.41, 5.74) is 3.12. The van der Waals surface area contributed by atoms with Crippen molar-refractivity contribution in [1.29, 1.82) is 0 Å². The second-order valence-electron chi connectivity index (χ2n) is 2.71. The molecule has 1 aromatic carbocycles. The van der Waals surface area contributed by atoms with Crippen molar-refractivity contribution in [2.75, 3.05) is 6.54 Å². The molecular weight excluding hydrogens is 168 g/mol. The third-order valence-corrected chi connectivity index (χ3v) is 1.82. The molecule has 1 aromatic rings. The van der Waals surface area contributed by atoms with Gasteiger partial charge >= 0.3 is 5.97 Å². The van der Waals surface area contributed by atoms with Gasteiger partial charge in [0.25, 0.3) is 0 Å². The zero-order valence-electron chi connectivity index (χ0n) is 7.10. The summed E-state index contributed by atoms with van der Waals surface area (Å²) in [6.45, 7) is 0.235. The minimum atomic E-state index is -0.871. The predicted octanol–water partition coefficient (Wildman–Crippen LogP) is 0.318. The summed E-state index contributed by atoms with van der Waals surface area (Å²) in [6.07, 6.45) is 0. The maximum Gasteiger partial charge on any atom is 0.312 e. The lowest BCUT2D eigenvalue weighted by Gasteiger charge is -2.10. The number of hydrazine groups is 1. The minimum absolute atomic E-state index is 0.235. The Bertz CT molecular complexity index is 274. The van der Waals surface area contributed by atoms with Crippen molar-refractivity contribution in [2.24, 2.45) is 5.84 Å². The number of hydrogen-bond acceptors (Lipinski definition) is 3. The highest BCUT2D eigenvalue weighted by molar-refractivity contribution is 5.76. The van der Waals surface area contributed by atoms with Gasteiger partial charge in [0.1, 0.15) is 0 Å². The molecule has 0 amide bonds. The van der Waals surface area contributed by atoms with Crippen LogP contribution in [0.3, 0.4) is 0 Å². The first-order valence-electron chi connectivity index (χ1n) is 3.97. The summed E-state index contributed by atoms with van der Waals surface area (Å²) in [6, 6.07) is 9.01. The summed E-state index contributed by atoms with van der Waals surface area (Å²) in [5.74, 6) is 3.64. The first-order valence-corrected chi connectivity index (χ1v) is 3.97. The number of carboxylic acids is 1. The third kappa shape index (κ3) is 2.54. The molecule has 4 nitrogen and oxygen atoms in total. The molecule has 0 spiro atoms. The van der Waals surface area contributed by atoms with Gasteiger partial charge in [-0.2, -0.15) is 0 Å². The van der Waals surface area contributed by atoms with E-state index >= 15 is 0 Å². The summed E-state index contributed by atoms with van der Waals surface area (Å²) in [5, 5.41) is 8.86. The number of benzene rings is 1. The van der Waals surface area contributed by atoms with E-state index in [4.69, 9.17) is 10.9 Å². The van der Waals surface area contributed by atoms with Crippen molar-refractivity contribution in [3.05, 3.63) is 35.9 Å². The van der Waals surface area contributed by atoms with E-state index in [1.165, 1.54) is 0 Å². The molecule has 0 saturated carbocycles. The van der Waals surface area contributed by atoms with Gasteiger partial charge in [-0.05, 0) is 5.56 Å². The average Bonchev–Trinajstić information content (AvgIpc) is 2.15. The van der Waals surface area contributed by atoms with Crippen LogP contribution in [0.5, 0.6) is 0 Å². The van der Waals surface area contributed by atoms with E-state index in [2.05, 4.69) is 5.43 Å². The van der Waals surface area contributed by atoms with Gasteiger partial charge in [0, 0.05) is 6.54 Å². The standard InChI is InChI=1S/C9H12N2O2/c10-11-6-8(9(12)13)7-4-2-1-3-5-7/h1-5,8,11H,6,10H2,(H,12,13). The largest absolute Gasteiger partial charge is 0.481 e. The van der Waals surface area contributed by atoms with Crippen LogP contribution in [0, 0.1) is 0 Å². The molecule has 0 aliphatic carbocycles. The van der Waals surface area contributed by atoms with Gasteiger partial charge in [-0.3, -0.25) is 16.1 Å². The molecule has 0 heterocycles. The van der Waals surface area contributed by atoms with Crippen LogP contribution < -0.4 is 11.3 Å². The Morgan fingerprint density at radius 3 is 2.54 bits per heavy atom. The second-order valence-corrected chi connectivity index (χ2v) is 2.71.